The van der Waals surface area contributed by atoms with E-state index in [1.54, 1.807) is 18.2 Å². The van der Waals surface area contributed by atoms with Gasteiger partial charge in [0.05, 0.1) is 0 Å². The van der Waals surface area contributed by atoms with E-state index in [0.717, 1.165) is 49.9 Å². The fraction of sp³-hybridized carbons (Fsp3) is 0.400. The standard InChI is InChI=1S/C20H22FNO2/c21-14-4-1-3-13(11-14)12-22-10-2-5-16-15-7-9-19(23)20(24)17(15)6-8-18(16)22/h1,3-4,7,9,11,16,18,23-24H,2,5-6,8,10,12H2. The lowest BCUT2D eigenvalue weighted by Gasteiger charge is -2.45. The number of fused-ring (bicyclic) bond motifs is 3. The van der Waals surface area contributed by atoms with Crippen molar-refractivity contribution in [2.24, 2.45) is 0 Å². The lowest BCUT2D eigenvalue weighted by Crippen LogP contribution is -2.45. The van der Waals surface area contributed by atoms with Crippen LogP contribution in [0.1, 0.15) is 41.9 Å². The molecule has 1 aliphatic carbocycles. The van der Waals surface area contributed by atoms with Gasteiger partial charge in [-0.25, -0.2) is 4.39 Å². The van der Waals surface area contributed by atoms with Crippen LogP contribution in [0.2, 0.25) is 0 Å². The smallest absolute Gasteiger partial charge is 0.160 e. The minimum atomic E-state index is -0.185. The summed E-state index contributed by atoms with van der Waals surface area (Å²) in [6, 6.07) is 10.8. The summed E-state index contributed by atoms with van der Waals surface area (Å²) >= 11 is 0. The summed E-state index contributed by atoms with van der Waals surface area (Å²) in [5.41, 5.74) is 3.09. The van der Waals surface area contributed by atoms with Crippen molar-refractivity contribution in [2.45, 2.75) is 44.2 Å². The molecule has 4 heteroatoms. The van der Waals surface area contributed by atoms with Crippen molar-refractivity contribution in [2.75, 3.05) is 6.54 Å². The van der Waals surface area contributed by atoms with E-state index in [2.05, 4.69) is 4.90 Å². The minimum absolute atomic E-state index is 0.0281. The Morgan fingerprint density at radius 1 is 1.12 bits per heavy atom. The minimum Gasteiger partial charge on any atom is -0.504 e. The SMILES string of the molecule is Oc1ccc2c(c1O)CCC1C2CCCN1Cc1cccc(F)c1. The van der Waals surface area contributed by atoms with Gasteiger partial charge in [0.2, 0.25) is 0 Å². The fourth-order valence-corrected chi connectivity index (χ4v) is 4.48. The van der Waals surface area contributed by atoms with E-state index in [4.69, 9.17) is 0 Å². The van der Waals surface area contributed by atoms with E-state index in [9.17, 15) is 14.6 Å². The molecule has 2 unspecified atom stereocenters. The quantitative estimate of drug-likeness (QED) is 0.821. The van der Waals surface area contributed by atoms with Gasteiger partial charge in [-0.15, -0.1) is 0 Å². The average Bonchev–Trinajstić information content (AvgIpc) is 2.58. The number of hydrogen-bond donors (Lipinski definition) is 2. The van der Waals surface area contributed by atoms with Crippen molar-refractivity contribution in [1.82, 2.24) is 4.90 Å². The first-order valence-corrected chi connectivity index (χ1v) is 8.65. The van der Waals surface area contributed by atoms with Crippen molar-refractivity contribution < 1.29 is 14.6 Å². The first kappa shape index (κ1) is 15.5. The Bertz CT molecular complexity index is 761. The molecule has 0 saturated carbocycles. The fourth-order valence-electron chi connectivity index (χ4n) is 4.48. The van der Waals surface area contributed by atoms with Gasteiger partial charge in [-0.1, -0.05) is 18.2 Å². The van der Waals surface area contributed by atoms with Crippen molar-refractivity contribution in [3.63, 3.8) is 0 Å². The van der Waals surface area contributed by atoms with Crippen molar-refractivity contribution >= 4 is 0 Å². The predicted octanol–water partition coefficient (Wildman–Crippen LogP) is 3.93. The first-order chi connectivity index (χ1) is 11.6. The molecular weight excluding hydrogens is 305 g/mol. The van der Waals surface area contributed by atoms with Gasteiger partial charge in [-0.05, 0) is 67.5 Å². The van der Waals surface area contributed by atoms with Gasteiger partial charge < -0.3 is 10.2 Å². The van der Waals surface area contributed by atoms with Crippen molar-refractivity contribution in [1.29, 1.82) is 0 Å². The Morgan fingerprint density at radius 2 is 2.00 bits per heavy atom. The maximum Gasteiger partial charge on any atom is 0.160 e. The summed E-state index contributed by atoms with van der Waals surface area (Å²) in [5.74, 6) is 0.214. The van der Waals surface area contributed by atoms with Crippen LogP contribution >= 0.6 is 0 Å². The van der Waals surface area contributed by atoms with Gasteiger partial charge in [0.25, 0.3) is 0 Å². The third-order valence-corrected chi connectivity index (χ3v) is 5.56. The van der Waals surface area contributed by atoms with E-state index in [1.165, 1.54) is 11.6 Å². The van der Waals surface area contributed by atoms with E-state index < -0.39 is 0 Å². The Hall–Kier alpha value is -2.07. The molecule has 24 heavy (non-hydrogen) atoms. The number of phenolic OH excluding ortho intramolecular Hbond substituents is 2. The Labute approximate surface area is 141 Å². The summed E-state index contributed by atoms with van der Waals surface area (Å²) in [7, 11) is 0. The Kier molecular flexibility index (Phi) is 3.93. The van der Waals surface area contributed by atoms with Crippen LogP contribution in [0, 0.1) is 5.82 Å². The third kappa shape index (κ3) is 2.65. The van der Waals surface area contributed by atoms with Crippen LogP contribution in [0.3, 0.4) is 0 Å². The van der Waals surface area contributed by atoms with Crippen LogP contribution in [-0.2, 0) is 13.0 Å². The molecule has 3 nitrogen and oxygen atoms in total. The number of halogens is 1. The zero-order valence-electron chi connectivity index (χ0n) is 13.6. The molecule has 0 aromatic heterocycles. The number of piperidine rings is 1. The summed E-state index contributed by atoms with van der Waals surface area (Å²) < 4.78 is 13.5. The molecule has 0 amide bonds. The molecule has 2 aromatic rings. The molecule has 2 N–H and O–H groups in total. The van der Waals surface area contributed by atoms with Crippen molar-refractivity contribution in [3.8, 4) is 11.5 Å². The van der Waals surface area contributed by atoms with Gasteiger partial charge in [0, 0.05) is 18.2 Å². The number of benzene rings is 2. The van der Waals surface area contributed by atoms with Crippen LogP contribution in [0.15, 0.2) is 36.4 Å². The molecule has 1 saturated heterocycles. The third-order valence-electron chi connectivity index (χ3n) is 5.56. The van der Waals surface area contributed by atoms with Crippen LogP contribution in [0.25, 0.3) is 0 Å². The van der Waals surface area contributed by atoms with E-state index >= 15 is 0 Å². The number of likely N-dealkylation sites (tertiary alicyclic amines) is 1. The zero-order chi connectivity index (χ0) is 16.7. The Balaban J connectivity index is 1.61. The predicted molar refractivity (Wildman–Crippen MR) is 90.7 cm³/mol. The largest absolute Gasteiger partial charge is 0.504 e. The zero-order valence-corrected chi connectivity index (χ0v) is 13.6. The van der Waals surface area contributed by atoms with E-state index in [0.29, 0.717) is 12.0 Å². The number of aromatic hydroxyl groups is 2. The second-order valence-corrected chi connectivity index (χ2v) is 6.96. The normalized spacial score (nSPS) is 23.5. The molecule has 2 aromatic carbocycles. The van der Waals surface area contributed by atoms with Gasteiger partial charge in [-0.2, -0.15) is 0 Å². The summed E-state index contributed by atoms with van der Waals surface area (Å²) in [5, 5.41) is 19.9. The molecule has 1 heterocycles. The molecule has 2 aliphatic rings. The topological polar surface area (TPSA) is 43.7 Å². The molecule has 0 spiro atoms. The van der Waals surface area contributed by atoms with Crippen LogP contribution in [0.5, 0.6) is 11.5 Å². The molecule has 4 rings (SSSR count). The van der Waals surface area contributed by atoms with Gasteiger partial charge in [0.15, 0.2) is 11.5 Å². The number of rotatable bonds is 2. The number of nitrogens with zero attached hydrogens (tertiary/aromatic N) is 1. The second kappa shape index (κ2) is 6.10. The highest BCUT2D eigenvalue weighted by Gasteiger charge is 2.37. The van der Waals surface area contributed by atoms with Gasteiger partial charge >= 0.3 is 0 Å². The number of phenols is 2. The first-order valence-electron chi connectivity index (χ1n) is 8.65. The molecular formula is C20H22FNO2. The van der Waals surface area contributed by atoms with Crippen LogP contribution in [-0.4, -0.2) is 27.7 Å². The van der Waals surface area contributed by atoms with Crippen LogP contribution < -0.4 is 0 Å². The summed E-state index contributed by atoms with van der Waals surface area (Å²) in [6.07, 6.45) is 3.93. The maximum atomic E-state index is 13.5. The molecule has 0 radical (unpaired) electrons. The van der Waals surface area contributed by atoms with E-state index in [1.807, 2.05) is 12.1 Å². The Morgan fingerprint density at radius 3 is 2.83 bits per heavy atom. The molecule has 0 bridgehead atoms. The highest BCUT2D eigenvalue weighted by Crippen LogP contribution is 2.45. The average molecular weight is 327 g/mol. The molecule has 1 fully saturated rings. The second-order valence-electron chi connectivity index (χ2n) is 6.96. The lowest BCUT2D eigenvalue weighted by atomic mass is 9.74. The summed E-state index contributed by atoms with van der Waals surface area (Å²) in [6.45, 7) is 1.79. The maximum absolute atomic E-state index is 13.5. The monoisotopic (exact) mass is 327 g/mol. The highest BCUT2D eigenvalue weighted by atomic mass is 19.1. The highest BCUT2D eigenvalue weighted by molar-refractivity contribution is 5.51. The lowest BCUT2D eigenvalue weighted by molar-refractivity contribution is 0.104. The van der Waals surface area contributed by atoms with Crippen LogP contribution in [0.4, 0.5) is 4.39 Å². The number of hydrogen-bond acceptors (Lipinski definition) is 3. The molecule has 126 valence electrons. The van der Waals surface area contributed by atoms with Gasteiger partial charge in [0.1, 0.15) is 5.82 Å². The van der Waals surface area contributed by atoms with E-state index in [-0.39, 0.29) is 17.3 Å². The molecule has 1 aliphatic heterocycles. The summed E-state index contributed by atoms with van der Waals surface area (Å²) in [4.78, 5) is 2.45. The van der Waals surface area contributed by atoms with Crippen molar-refractivity contribution in [3.05, 3.63) is 58.9 Å². The van der Waals surface area contributed by atoms with Gasteiger partial charge in [-0.3, -0.25) is 4.90 Å². The molecule has 2 atom stereocenters.